The van der Waals surface area contributed by atoms with Gasteiger partial charge in [0.25, 0.3) is 0 Å². The van der Waals surface area contributed by atoms with Crippen LogP contribution in [-0.2, 0) is 9.53 Å². The Morgan fingerprint density at radius 2 is 2.17 bits per heavy atom. The van der Waals surface area contributed by atoms with Gasteiger partial charge in [0.2, 0.25) is 5.91 Å². The Labute approximate surface area is 139 Å². The molecule has 124 valence electrons. The van der Waals surface area contributed by atoms with Crippen LogP contribution in [0.1, 0.15) is 6.92 Å². The van der Waals surface area contributed by atoms with Crippen LogP contribution < -0.4 is 10.1 Å². The number of carbonyl (C=O) groups excluding carboxylic acids is 1. The summed E-state index contributed by atoms with van der Waals surface area (Å²) in [6.45, 7) is 2.37. The third-order valence-corrected chi connectivity index (χ3v) is 3.96. The van der Waals surface area contributed by atoms with Gasteiger partial charge in [0.05, 0.1) is 25.2 Å². The Morgan fingerprint density at radius 3 is 2.91 bits per heavy atom. The third-order valence-electron chi connectivity index (χ3n) is 3.02. The summed E-state index contributed by atoms with van der Waals surface area (Å²) < 4.78 is 12.1. The van der Waals surface area contributed by atoms with E-state index >= 15 is 0 Å². The summed E-state index contributed by atoms with van der Waals surface area (Å²) in [5, 5.41) is 11.5. The number of rotatable bonds is 8. The van der Waals surface area contributed by atoms with Gasteiger partial charge in [0.1, 0.15) is 12.1 Å². The van der Waals surface area contributed by atoms with E-state index in [2.05, 4.69) is 15.5 Å². The SMILES string of the molecule is COC[C@@H](C)NC(=O)CSc1nncn1-c1ccccc1OC. The molecule has 0 bridgehead atoms. The van der Waals surface area contributed by atoms with Gasteiger partial charge >= 0.3 is 0 Å². The van der Waals surface area contributed by atoms with Crippen LogP contribution in [-0.4, -0.2) is 53.3 Å². The number of hydrogen-bond acceptors (Lipinski definition) is 6. The van der Waals surface area contributed by atoms with Crippen molar-refractivity contribution in [3.8, 4) is 11.4 Å². The van der Waals surface area contributed by atoms with Gasteiger partial charge in [-0.2, -0.15) is 0 Å². The van der Waals surface area contributed by atoms with Gasteiger partial charge in [0.15, 0.2) is 5.16 Å². The molecule has 1 N–H and O–H groups in total. The Hall–Kier alpha value is -2.06. The molecule has 0 unspecified atom stereocenters. The first-order valence-corrected chi connectivity index (χ1v) is 8.08. The average Bonchev–Trinajstić information content (AvgIpc) is 3.01. The second-order valence-electron chi connectivity index (χ2n) is 4.87. The Bertz CT molecular complexity index is 647. The van der Waals surface area contributed by atoms with Crippen LogP contribution in [0, 0.1) is 0 Å². The van der Waals surface area contributed by atoms with E-state index in [0.29, 0.717) is 17.5 Å². The van der Waals surface area contributed by atoms with Gasteiger partial charge in [-0.3, -0.25) is 9.36 Å². The Kier molecular flexibility index (Phi) is 6.42. The molecule has 0 fully saturated rings. The maximum Gasteiger partial charge on any atom is 0.230 e. The lowest BCUT2D eigenvalue weighted by molar-refractivity contribution is -0.119. The molecule has 1 amide bonds. The highest BCUT2D eigenvalue weighted by molar-refractivity contribution is 7.99. The molecule has 1 aromatic heterocycles. The molecule has 2 rings (SSSR count). The highest BCUT2D eigenvalue weighted by Gasteiger charge is 2.14. The number of amides is 1. The summed E-state index contributed by atoms with van der Waals surface area (Å²) in [4.78, 5) is 11.9. The van der Waals surface area contributed by atoms with Crippen molar-refractivity contribution in [1.29, 1.82) is 0 Å². The fourth-order valence-corrected chi connectivity index (χ4v) is 2.79. The van der Waals surface area contributed by atoms with Crippen LogP contribution >= 0.6 is 11.8 Å². The van der Waals surface area contributed by atoms with E-state index in [-0.39, 0.29) is 17.7 Å². The minimum atomic E-state index is -0.0749. The fourth-order valence-electron chi connectivity index (χ4n) is 2.06. The summed E-state index contributed by atoms with van der Waals surface area (Å²) in [5.41, 5.74) is 0.829. The molecule has 0 saturated heterocycles. The zero-order valence-corrected chi connectivity index (χ0v) is 14.2. The lowest BCUT2D eigenvalue weighted by Crippen LogP contribution is -2.36. The summed E-state index contributed by atoms with van der Waals surface area (Å²) in [5.74, 6) is 0.892. The van der Waals surface area contributed by atoms with Crippen LogP contribution in [0.15, 0.2) is 35.7 Å². The number of nitrogens with zero attached hydrogens (tertiary/aromatic N) is 3. The number of aromatic nitrogens is 3. The van der Waals surface area contributed by atoms with E-state index in [1.165, 1.54) is 11.8 Å². The van der Waals surface area contributed by atoms with Gasteiger partial charge in [0, 0.05) is 13.2 Å². The minimum Gasteiger partial charge on any atom is -0.495 e. The van der Waals surface area contributed by atoms with Crippen LogP contribution in [0.5, 0.6) is 5.75 Å². The monoisotopic (exact) mass is 336 g/mol. The average molecular weight is 336 g/mol. The number of thioether (sulfide) groups is 1. The predicted molar refractivity (Wildman–Crippen MR) is 88.1 cm³/mol. The van der Waals surface area contributed by atoms with E-state index in [1.807, 2.05) is 31.2 Å². The maximum atomic E-state index is 11.9. The summed E-state index contributed by atoms with van der Waals surface area (Å²) in [6, 6.07) is 7.55. The first-order valence-electron chi connectivity index (χ1n) is 7.10. The van der Waals surface area contributed by atoms with Crippen LogP contribution in [0.2, 0.25) is 0 Å². The number of ether oxygens (including phenoxy) is 2. The molecule has 1 aromatic carbocycles. The van der Waals surface area contributed by atoms with Crippen molar-refractivity contribution in [2.75, 3.05) is 26.6 Å². The molecule has 0 aliphatic rings. The molecule has 8 heteroatoms. The number of nitrogens with one attached hydrogen (secondary N) is 1. The molecule has 0 aliphatic carbocycles. The van der Waals surface area contributed by atoms with Crippen LogP contribution in [0.3, 0.4) is 0 Å². The predicted octanol–water partition coefficient (Wildman–Crippen LogP) is 1.52. The molecule has 0 spiro atoms. The number of hydrogen-bond donors (Lipinski definition) is 1. The summed E-state index contributed by atoms with van der Waals surface area (Å²) >= 11 is 1.32. The molecular formula is C15H20N4O3S. The fraction of sp³-hybridized carbons (Fsp3) is 0.400. The van der Waals surface area contributed by atoms with E-state index in [4.69, 9.17) is 9.47 Å². The van der Waals surface area contributed by atoms with Crippen molar-refractivity contribution in [1.82, 2.24) is 20.1 Å². The van der Waals surface area contributed by atoms with Gasteiger partial charge in [-0.1, -0.05) is 23.9 Å². The van der Waals surface area contributed by atoms with Crippen molar-refractivity contribution in [3.63, 3.8) is 0 Å². The summed E-state index contributed by atoms with van der Waals surface area (Å²) in [7, 11) is 3.22. The van der Waals surface area contributed by atoms with Crippen molar-refractivity contribution >= 4 is 17.7 Å². The van der Waals surface area contributed by atoms with Gasteiger partial charge < -0.3 is 14.8 Å². The second kappa shape index (κ2) is 8.54. The van der Waals surface area contributed by atoms with Crippen molar-refractivity contribution < 1.29 is 14.3 Å². The van der Waals surface area contributed by atoms with Crippen LogP contribution in [0.4, 0.5) is 0 Å². The van der Waals surface area contributed by atoms with Crippen molar-refractivity contribution in [2.24, 2.45) is 0 Å². The smallest absolute Gasteiger partial charge is 0.230 e. The van der Waals surface area contributed by atoms with E-state index in [1.54, 1.807) is 25.1 Å². The Morgan fingerprint density at radius 1 is 1.39 bits per heavy atom. The van der Waals surface area contributed by atoms with Gasteiger partial charge in [-0.05, 0) is 19.1 Å². The van der Waals surface area contributed by atoms with E-state index in [9.17, 15) is 4.79 Å². The first kappa shape index (κ1) is 17.3. The van der Waals surface area contributed by atoms with Gasteiger partial charge in [-0.25, -0.2) is 0 Å². The summed E-state index contributed by atoms with van der Waals surface area (Å²) in [6.07, 6.45) is 1.60. The lowest BCUT2D eigenvalue weighted by atomic mass is 10.3. The largest absolute Gasteiger partial charge is 0.495 e. The standard InChI is InChI=1S/C15H20N4O3S/c1-11(8-21-2)17-14(20)9-23-15-18-16-10-19(15)12-6-4-5-7-13(12)22-3/h4-7,10-11H,8-9H2,1-3H3,(H,17,20)/t11-/m1/s1. The number of benzene rings is 1. The molecule has 7 nitrogen and oxygen atoms in total. The maximum absolute atomic E-state index is 11.9. The minimum absolute atomic E-state index is 0.0276. The van der Waals surface area contributed by atoms with Crippen LogP contribution in [0.25, 0.3) is 5.69 Å². The van der Waals surface area contributed by atoms with Gasteiger partial charge in [-0.15, -0.1) is 10.2 Å². The molecule has 0 aliphatic heterocycles. The molecule has 0 saturated carbocycles. The normalized spacial score (nSPS) is 12.0. The zero-order valence-electron chi connectivity index (χ0n) is 13.4. The topological polar surface area (TPSA) is 78.3 Å². The highest BCUT2D eigenvalue weighted by atomic mass is 32.2. The zero-order chi connectivity index (χ0) is 16.7. The molecular weight excluding hydrogens is 316 g/mol. The number of carbonyl (C=O) groups is 1. The lowest BCUT2D eigenvalue weighted by Gasteiger charge is -2.13. The van der Waals surface area contributed by atoms with E-state index < -0.39 is 0 Å². The highest BCUT2D eigenvalue weighted by Crippen LogP contribution is 2.26. The first-order chi connectivity index (χ1) is 11.2. The van der Waals surface area contributed by atoms with Crippen molar-refractivity contribution in [3.05, 3.63) is 30.6 Å². The molecule has 2 aromatic rings. The number of para-hydroxylation sites is 2. The molecule has 23 heavy (non-hydrogen) atoms. The molecule has 0 radical (unpaired) electrons. The van der Waals surface area contributed by atoms with Crippen molar-refractivity contribution in [2.45, 2.75) is 18.1 Å². The van der Waals surface area contributed by atoms with E-state index in [0.717, 1.165) is 5.69 Å². The second-order valence-corrected chi connectivity index (χ2v) is 5.81. The Balaban J connectivity index is 2.03. The number of methoxy groups -OCH3 is 2. The third kappa shape index (κ3) is 4.70. The quantitative estimate of drug-likeness (QED) is 0.737. The molecule has 1 heterocycles. The molecule has 1 atom stereocenters.